The number of halogens is 4. The molecule has 1 aliphatic heterocycles. The van der Waals surface area contributed by atoms with Crippen LogP contribution in [0, 0.1) is 0 Å². The summed E-state index contributed by atoms with van der Waals surface area (Å²) in [6, 6.07) is 1.02. The zero-order valence-corrected chi connectivity index (χ0v) is 11.0. The highest BCUT2D eigenvalue weighted by Crippen LogP contribution is 2.35. The maximum absolute atomic E-state index is 12.9. The SMILES string of the molecule is FC(F)(F)c1cc(Br)cnc1NC1CCOCC1. The Hall–Kier alpha value is -0.820. The maximum atomic E-state index is 12.9. The van der Waals surface area contributed by atoms with Gasteiger partial charge < -0.3 is 10.1 Å². The van der Waals surface area contributed by atoms with Gasteiger partial charge in [-0.05, 0) is 34.8 Å². The average Bonchev–Trinajstić information content (AvgIpc) is 2.31. The Balaban J connectivity index is 2.21. The summed E-state index contributed by atoms with van der Waals surface area (Å²) < 4.78 is 44.0. The van der Waals surface area contributed by atoms with E-state index in [0.29, 0.717) is 30.5 Å². The van der Waals surface area contributed by atoms with E-state index in [4.69, 9.17) is 4.74 Å². The lowest BCUT2D eigenvalue weighted by Gasteiger charge is -2.25. The first kappa shape index (κ1) is 13.6. The van der Waals surface area contributed by atoms with Crippen LogP contribution in [0.1, 0.15) is 18.4 Å². The van der Waals surface area contributed by atoms with E-state index in [9.17, 15) is 13.2 Å². The van der Waals surface area contributed by atoms with Gasteiger partial charge in [0.05, 0.1) is 5.56 Å². The molecular weight excluding hydrogens is 313 g/mol. The third-order valence-corrected chi connectivity index (χ3v) is 3.16. The number of anilines is 1. The van der Waals surface area contributed by atoms with Crippen molar-refractivity contribution in [2.24, 2.45) is 0 Å². The summed E-state index contributed by atoms with van der Waals surface area (Å²) in [7, 11) is 0. The van der Waals surface area contributed by atoms with E-state index < -0.39 is 11.7 Å². The van der Waals surface area contributed by atoms with E-state index in [1.165, 1.54) is 6.20 Å². The smallest absolute Gasteiger partial charge is 0.381 e. The van der Waals surface area contributed by atoms with Crippen molar-refractivity contribution in [2.75, 3.05) is 18.5 Å². The molecule has 0 amide bonds. The monoisotopic (exact) mass is 324 g/mol. The Morgan fingerprint density at radius 1 is 1.33 bits per heavy atom. The molecule has 0 atom stereocenters. The molecule has 7 heteroatoms. The molecule has 0 saturated carbocycles. The van der Waals surface area contributed by atoms with Crippen LogP contribution in [0.5, 0.6) is 0 Å². The first-order chi connectivity index (χ1) is 8.47. The molecule has 100 valence electrons. The van der Waals surface area contributed by atoms with Gasteiger partial charge in [0.25, 0.3) is 0 Å². The third-order valence-electron chi connectivity index (χ3n) is 2.72. The molecule has 1 N–H and O–H groups in total. The molecule has 18 heavy (non-hydrogen) atoms. The van der Waals surface area contributed by atoms with Gasteiger partial charge in [0.1, 0.15) is 5.82 Å². The molecule has 2 rings (SSSR count). The van der Waals surface area contributed by atoms with Crippen molar-refractivity contribution < 1.29 is 17.9 Å². The molecule has 1 fully saturated rings. The Labute approximate surface area is 111 Å². The molecule has 1 aromatic rings. The molecule has 1 aliphatic rings. The lowest BCUT2D eigenvalue weighted by Crippen LogP contribution is -2.29. The number of nitrogens with zero attached hydrogens (tertiary/aromatic N) is 1. The predicted octanol–water partition coefficient (Wildman–Crippen LogP) is 3.45. The summed E-state index contributed by atoms with van der Waals surface area (Å²) in [5.41, 5.74) is -0.747. The highest BCUT2D eigenvalue weighted by molar-refractivity contribution is 9.10. The zero-order valence-electron chi connectivity index (χ0n) is 9.43. The summed E-state index contributed by atoms with van der Waals surface area (Å²) >= 11 is 3.00. The molecule has 0 spiro atoms. The molecule has 0 unspecified atom stereocenters. The molecule has 2 heterocycles. The number of ether oxygens (including phenoxy) is 1. The Morgan fingerprint density at radius 3 is 2.61 bits per heavy atom. The van der Waals surface area contributed by atoms with Crippen molar-refractivity contribution in [3.63, 3.8) is 0 Å². The zero-order chi connectivity index (χ0) is 13.2. The second-order valence-electron chi connectivity index (χ2n) is 4.08. The summed E-state index contributed by atoms with van der Waals surface area (Å²) in [6.07, 6.45) is -1.68. The van der Waals surface area contributed by atoms with Gasteiger partial charge in [0.15, 0.2) is 0 Å². The Morgan fingerprint density at radius 2 is 2.00 bits per heavy atom. The van der Waals surface area contributed by atoms with Crippen LogP contribution in [0.15, 0.2) is 16.7 Å². The van der Waals surface area contributed by atoms with Gasteiger partial charge in [0.2, 0.25) is 0 Å². The van der Waals surface area contributed by atoms with Crippen molar-refractivity contribution in [1.82, 2.24) is 4.98 Å². The number of aromatic nitrogens is 1. The van der Waals surface area contributed by atoms with Crippen LogP contribution in [0.3, 0.4) is 0 Å². The number of hydrogen-bond acceptors (Lipinski definition) is 3. The highest BCUT2D eigenvalue weighted by atomic mass is 79.9. The van der Waals surface area contributed by atoms with Gasteiger partial charge in [-0.15, -0.1) is 0 Å². The van der Waals surface area contributed by atoms with Crippen LogP contribution in [-0.4, -0.2) is 24.2 Å². The number of nitrogens with one attached hydrogen (secondary N) is 1. The summed E-state index contributed by atoms with van der Waals surface area (Å²) in [5, 5.41) is 2.85. The first-order valence-electron chi connectivity index (χ1n) is 5.54. The van der Waals surface area contributed by atoms with Crippen LogP contribution >= 0.6 is 15.9 Å². The fourth-order valence-electron chi connectivity index (χ4n) is 1.81. The lowest BCUT2D eigenvalue weighted by atomic mass is 10.1. The van der Waals surface area contributed by atoms with Crippen LogP contribution in [0.4, 0.5) is 19.0 Å². The van der Waals surface area contributed by atoms with Crippen LogP contribution < -0.4 is 5.32 Å². The number of alkyl halides is 3. The van der Waals surface area contributed by atoms with E-state index in [1.54, 1.807) is 0 Å². The molecule has 0 radical (unpaired) electrons. The van der Waals surface area contributed by atoms with E-state index in [-0.39, 0.29) is 11.9 Å². The van der Waals surface area contributed by atoms with Crippen molar-refractivity contribution in [3.05, 3.63) is 22.3 Å². The summed E-state index contributed by atoms with van der Waals surface area (Å²) in [4.78, 5) is 3.82. The first-order valence-corrected chi connectivity index (χ1v) is 6.33. The minimum absolute atomic E-state index is 0.0199. The molecular formula is C11H12BrF3N2O. The van der Waals surface area contributed by atoms with Crippen LogP contribution in [-0.2, 0) is 10.9 Å². The molecule has 0 bridgehead atoms. The Bertz CT molecular complexity index is 419. The van der Waals surface area contributed by atoms with Gasteiger partial charge in [-0.3, -0.25) is 0 Å². The fourth-order valence-corrected chi connectivity index (χ4v) is 2.14. The lowest BCUT2D eigenvalue weighted by molar-refractivity contribution is -0.137. The number of rotatable bonds is 2. The second-order valence-corrected chi connectivity index (χ2v) is 4.99. The molecule has 3 nitrogen and oxygen atoms in total. The van der Waals surface area contributed by atoms with Crippen molar-refractivity contribution in [1.29, 1.82) is 0 Å². The van der Waals surface area contributed by atoms with Gasteiger partial charge in [-0.25, -0.2) is 4.98 Å². The number of hydrogen-bond donors (Lipinski definition) is 1. The fraction of sp³-hybridized carbons (Fsp3) is 0.545. The van der Waals surface area contributed by atoms with Crippen LogP contribution in [0.25, 0.3) is 0 Å². The predicted molar refractivity (Wildman–Crippen MR) is 64.4 cm³/mol. The second kappa shape index (κ2) is 5.44. The van der Waals surface area contributed by atoms with E-state index in [1.807, 2.05) is 0 Å². The van der Waals surface area contributed by atoms with Gasteiger partial charge in [0, 0.05) is 29.9 Å². The largest absolute Gasteiger partial charge is 0.419 e. The average molecular weight is 325 g/mol. The minimum atomic E-state index is -4.41. The highest BCUT2D eigenvalue weighted by Gasteiger charge is 2.35. The maximum Gasteiger partial charge on any atom is 0.419 e. The van der Waals surface area contributed by atoms with E-state index in [2.05, 4.69) is 26.2 Å². The molecule has 1 saturated heterocycles. The summed E-state index contributed by atoms with van der Waals surface area (Å²) in [5.74, 6) is -0.113. The van der Waals surface area contributed by atoms with E-state index >= 15 is 0 Å². The topological polar surface area (TPSA) is 34.2 Å². The molecule has 1 aromatic heterocycles. The summed E-state index contributed by atoms with van der Waals surface area (Å²) in [6.45, 7) is 1.13. The van der Waals surface area contributed by atoms with Gasteiger partial charge in [-0.2, -0.15) is 13.2 Å². The quantitative estimate of drug-likeness (QED) is 0.904. The van der Waals surface area contributed by atoms with Crippen molar-refractivity contribution >= 4 is 21.7 Å². The van der Waals surface area contributed by atoms with Crippen molar-refractivity contribution in [3.8, 4) is 0 Å². The van der Waals surface area contributed by atoms with Gasteiger partial charge in [-0.1, -0.05) is 0 Å². The molecule has 0 aliphatic carbocycles. The normalized spacial score (nSPS) is 17.8. The Kier molecular flexibility index (Phi) is 4.11. The van der Waals surface area contributed by atoms with Crippen LogP contribution in [0.2, 0.25) is 0 Å². The van der Waals surface area contributed by atoms with Crippen molar-refractivity contribution in [2.45, 2.75) is 25.1 Å². The standard InChI is InChI=1S/C11H12BrF3N2O/c12-7-5-9(11(13,14)15)10(16-6-7)17-8-1-3-18-4-2-8/h5-6,8H,1-4H2,(H,16,17). The van der Waals surface area contributed by atoms with Gasteiger partial charge >= 0.3 is 6.18 Å². The third kappa shape index (κ3) is 3.35. The minimum Gasteiger partial charge on any atom is -0.381 e. The number of pyridine rings is 1. The van der Waals surface area contributed by atoms with E-state index in [0.717, 1.165) is 6.07 Å². The molecule has 0 aromatic carbocycles.